The van der Waals surface area contributed by atoms with Crippen LogP contribution in [0.3, 0.4) is 0 Å². The molecule has 0 atom stereocenters. The topological polar surface area (TPSA) is 64.3 Å². The molecule has 19 heavy (non-hydrogen) atoms. The summed E-state index contributed by atoms with van der Waals surface area (Å²) in [6.45, 7) is 5.18. The van der Waals surface area contributed by atoms with Gasteiger partial charge in [-0.2, -0.15) is 0 Å². The first-order chi connectivity index (χ1) is 9.03. The predicted molar refractivity (Wildman–Crippen MR) is 75.9 cm³/mol. The highest BCUT2D eigenvalue weighted by Crippen LogP contribution is 2.51. The summed E-state index contributed by atoms with van der Waals surface area (Å²) in [6.07, 6.45) is 2.41. The number of nitrogens with one attached hydrogen (secondary N) is 1. The molecule has 0 aliphatic heterocycles. The molecule has 0 heterocycles. The molecule has 0 unspecified atom stereocenters. The average molecular weight is 262 g/mol. The monoisotopic (exact) mass is 262 g/mol. The van der Waals surface area contributed by atoms with Crippen LogP contribution in [0.5, 0.6) is 5.75 Å². The number of benzene rings is 1. The van der Waals surface area contributed by atoms with Gasteiger partial charge in [-0.05, 0) is 36.3 Å². The molecule has 104 valence electrons. The van der Waals surface area contributed by atoms with E-state index in [0.29, 0.717) is 22.8 Å². The van der Waals surface area contributed by atoms with E-state index in [1.807, 2.05) is 12.1 Å². The average Bonchev–Trinajstić information content (AvgIpc) is 3.16. The molecule has 4 heteroatoms. The zero-order valence-electron chi connectivity index (χ0n) is 11.6. The fourth-order valence-corrected chi connectivity index (χ4v) is 2.20. The van der Waals surface area contributed by atoms with Crippen LogP contribution in [0.15, 0.2) is 24.3 Å². The van der Waals surface area contributed by atoms with E-state index in [2.05, 4.69) is 19.2 Å². The highest BCUT2D eigenvalue weighted by atomic mass is 16.5. The van der Waals surface area contributed by atoms with Crippen molar-refractivity contribution in [3.63, 3.8) is 0 Å². The quantitative estimate of drug-likeness (QED) is 0.772. The van der Waals surface area contributed by atoms with Gasteiger partial charge in [0.1, 0.15) is 5.75 Å². The number of para-hydroxylation sites is 2. The zero-order chi connectivity index (χ0) is 13.9. The van der Waals surface area contributed by atoms with Crippen molar-refractivity contribution in [3.8, 4) is 5.75 Å². The second-order valence-electron chi connectivity index (χ2n) is 5.62. The minimum absolute atomic E-state index is 0.0163. The normalized spacial score (nSPS) is 16.2. The number of amides is 1. The van der Waals surface area contributed by atoms with Gasteiger partial charge in [0.15, 0.2) is 6.61 Å². The van der Waals surface area contributed by atoms with Crippen molar-refractivity contribution < 1.29 is 9.53 Å². The van der Waals surface area contributed by atoms with E-state index in [1.54, 1.807) is 12.1 Å². The number of ether oxygens (including phenoxy) is 1. The molecule has 1 amide bonds. The van der Waals surface area contributed by atoms with Crippen molar-refractivity contribution in [1.82, 2.24) is 5.32 Å². The van der Waals surface area contributed by atoms with E-state index in [-0.39, 0.29) is 12.5 Å². The van der Waals surface area contributed by atoms with E-state index in [1.165, 1.54) is 12.8 Å². The maximum Gasteiger partial charge on any atom is 0.257 e. The number of carbonyl (C=O) groups is 1. The van der Waals surface area contributed by atoms with Crippen LogP contribution in [0.4, 0.5) is 5.69 Å². The van der Waals surface area contributed by atoms with Gasteiger partial charge in [0.05, 0.1) is 5.69 Å². The minimum Gasteiger partial charge on any atom is -0.482 e. The van der Waals surface area contributed by atoms with Gasteiger partial charge in [-0.15, -0.1) is 0 Å². The third-order valence-electron chi connectivity index (χ3n) is 4.03. The van der Waals surface area contributed by atoms with Crippen molar-refractivity contribution in [2.75, 3.05) is 18.9 Å². The molecular formula is C15H22N2O2. The Morgan fingerprint density at radius 3 is 2.68 bits per heavy atom. The lowest BCUT2D eigenvalue weighted by atomic mass is 9.92. The van der Waals surface area contributed by atoms with E-state index in [4.69, 9.17) is 10.5 Å². The molecule has 0 saturated heterocycles. The van der Waals surface area contributed by atoms with E-state index in [0.717, 1.165) is 6.54 Å². The lowest BCUT2D eigenvalue weighted by Crippen LogP contribution is -2.35. The van der Waals surface area contributed by atoms with Gasteiger partial charge < -0.3 is 15.8 Å². The Labute approximate surface area is 114 Å². The number of hydrogen-bond donors (Lipinski definition) is 2. The summed E-state index contributed by atoms with van der Waals surface area (Å²) in [5.41, 5.74) is 6.62. The Kier molecular flexibility index (Phi) is 3.98. The smallest absolute Gasteiger partial charge is 0.257 e. The summed E-state index contributed by atoms with van der Waals surface area (Å²) in [7, 11) is 0. The van der Waals surface area contributed by atoms with Crippen molar-refractivity contribution in [3.05, 3.63) is 24.3 Å². The first-order valence-electron chi connectivity index (χ1n) is 6.77. The molecule has 1 aliphatic carbocycles. The molecule has 1 aromatic carbocycles. The Balaban J connectivity index is 1.75. The molecule has 1 aromatic rings. The molecular weight excluding hydrogens is 240 g/mol. The van der Waals surface area contributed by atoms with E-state index < -0.39 is 0 Å². The number of nitrogens with two attached hydrogens (primary N) is 1. The van der Waals surface area contributed by atoms with Gasteiger partial charge in [-0.3, -0.25) is 4.79 Å². The SMILES string of the molecule is CC(C)C1(CNC(=O)COc2ccccc2N)CC1. The standard InChI is InChI=1S/C15H22N2O2/c1-11(2)15(7-8-15)10-17-14(18)9-19-13-6-4-3-5-12(13)16/h3-6,11H,7-10,16H2,1-2H3,(H,17,18). The molecule has 0 bridgehead atoms. The van der Waals surface area contributed by atoms with Crippen LogP contribution in [0.2, 0.25) is 0 Å². The third kappa shape index (κ3) is 3.40. The first-order valence-corrected chi connectivity index (χ1v) is 6.77. The summed E-state index contributed by atoms with van der Waals surface area (Å²) >= 11 is 0. The van der Waals surface area contributed by atoms with Gasteiger partial charge in [0, 0.05) is 6.54 Å². The van der Waals surface area contributed by atoms with Crippen molar-refractivity contribution in [1.29, 1.82) is 0 Å². The largest absolute Gasteiger partial charge is 0.482 e. The molecule has 1 fully saturated rings. The summed E-state index contributed by atoms with van der Waals surface area (Å²) in [5.74, 6) is 1.08. The van der Waals surface area contributed by atoms with Gasteiger partial charge in [-0.1, -0.05) is 26.0 Å². The fourth-order valence-electron chi connectivity index (χ4n) is 2.20. The maximum absolute atomic E-state index is 11.7. The lowest BCUT2D eigenvalue weighted by molar-refractivity contribution is -0.123. The number of anilines is 1. The first kappa shape index (κ1) is 13.7. The highest BCUT2D eigenvalue weighted by molar-refractivity contribution is 5.77. The third-order valence-corrected chi connectivity index (χ3v) is 4.03. The predicted octanol–water partition coefficient (Wildman–Crippen LogP) is 2.20. The second kappa shape index (κ2) is 5.51. The van der Waals surface area contributed by atoms with Crippen LogP contribution < -0.4 is 15.8 Å². The second-order valence-corrected chi connectivity index (χ2v) is 5.62. The number of hydrogen-bond acceptors (Lipinski definition) is 3. The highest BCUT2D eigenvalue weighted by Gasteiger charge is 2.45. The molecule has 1 saturated carbocycles. The summed E-state index contributed by atoms with van der Waals surface area (Å²) in [4.78, 5) is 11.7. The molecule has 4 nitrogen and oxygen atoms in total. The molecule has 1 aliphatic rings. The number of nitrogen functional groups attached to an aromatic ring is 1. The van der Waals surface area contributed by atoms with Crippen LogP contribution in [0.1, 0.15) is 26.7 Å². The van der Waals surface area contributed by atoms with Crippen LogP contribution in [-0.2, 0) is 4.79 Å². The van der Waals surface area contributed by atoms with Gasteiger partial charge >= 0.3 is 0 Å². The van der Waals surface area contributed by atoms with Crippen molar-refractivity contribution in [2.45, 2.75) is 26.7 Å². The molecule has 0 aromatic heterocycles. The van der Waals surface area contributed by atoms with E-state index in [9.17, 15) is 4.79 Å². The molecule has 3 N–H and O–H groups in total. The molecule has 0 spiro atoms. The minimum atomic E-state index is -0.0878. The van der Waals surface area contributed by atoms with Crippen molar-refractivity contribution >= 4 is 11.6 Å². The van der Waals surface area contributed by atoms with Crippen LogP contribution >= 0.6 is 0 Å². The maximum atomic E-state index is 11.7. The fraction of sp³-hybridized carbons (Fsp3) is 0.533. The number of carbonyl (C=O) groups excluding carboxylic acids is 1. The molecule has 2 rings (SSSR count). The van der Waals surface area contributed by atoms with Crippen molar-refractivity contribution in [2.24, 2.45) is 11.3 Å². The van der Waals surface area contributed by atoms with E-state index >= 15 is 0 Å². The van der Waals surface area contributed by atoms with Crippen LogP contribution in [0, 0.1) is 11.3 Å². The summed E-state index contributed by atoms with van der Waals surface area (Å²) in [6, 6.07) is 7.19. The van der Waals surface area contributed by atoms with Crippen LogP contribution in [0.25, 0.3) is 0 Å². The Morgan fingerprint density at radius 1 is 1.42 bits per heavy atom. The Hall–Kier alpha value is -1.71. The summed E-state index contributed by atoms with van der Waals surface area (Å²) in [5, 5.41) is 2.95. The lowest BCUT2D eigenvalue weighted by Gasteiger charge is -2.20. The summed E-state index contributed by atoms with van der Waals surface area (Å²) < 4.78 is 5.41. The Morgan fingerprint density at radius 2 is 2.11 bits per heavy atom. The van der Waals surface area contributed by atoms with Gasteiger partial charge in [-0.25, -0.2) is 0 Å². The zero-order valence-corrected chi connectivity index (χ0v) is 11.6. The van der Waals surface area contributed by atoms with Gasteiger partial charge in [0.2, 0.25) is 0 Å². The van der Waals surface area contributed by atoms with Gasteiger partial charge in [0.25, 0.3) is 5.91 Å². The molecule has 0 radical (unpaired) electrons. The number of rotatable bonds is 6. The Bertz CT molecular complexity index is 453. The van der Waals surface area contributed by atoms with Crippen LogP contribution in [-0.4, -0.2) is 19.1 Å².